The molecule has 0 aliphatic carbocycles. The molecule has 0 saturated heterocycles. The highest BCUT2D eigenvalue weighted by molar-refractivity contribution is 5.53. The molecule has 78 valence electrons. The summed E-state index contributed by atoms with van der Waals surface area (Å²) in [5.74, 6) is 0.234. The van der Waals surface area contributed by atoms with E-state index in [4.69, 9.17) is 11.5 Å². The zero-order valence-electron chi connectivity index (χ0n) is 8.37. The molecule has 0 rings (SSSR count). The third-order valence-electron chi connectivity index (χ3n) is 2.25. The van der Waals surface area contributed by atoms with Gasteiger partial charge in [-0.15, -0.1) is 0 Å². The summed E-state index contributed by atoms with van der Waals surface area (Å²) in [6, 6.07) is 0. The fraction of sp³-hybridized carbons (Fsp3) is 0.900. The molecule has 0 bridgehead atoms. The lowest BCUT2D eigenvalue weighted by atomic mass is 9.97. The second kappa shape index (κ2) is 9.68. The van der Waals surface area contributed by atoms with Crippen molar-refractivity contribution in [2.45, 2.75) is 38.5 Å². The number of carbonyl (C=O) groups excluding carboxylic acids is 1. The summed E-state index contributed by atoms with van der Waals surface area (Å²) in [6.45, 7) is 1.46. The molecule has 0 unspecified atom stereocenters. The Labute approximate surface area is 80.9 Å². The van der Waals surface area contributed by atoms with E-state index < -0.39 is 0 Å². The van der Waals surface area contributed by atoms with Crippen molar-refractivity contribution in [1.82, 2.24) is 0 Å². The summed E-state index contributed by atoms with van der Waals surface area (Å²) < 4.78 is 0. The highest BCUT2D eigenvalue weighted by Gasteiger charge is 2.05. The highest BCUT2D eigenvalue weighted by atomic mass is 16.1. The molecule has 0 aliphatic rings. The lowest BCUT2D eigenvalue weighted by Crippen LogP contribution is -2.06. The SMILES string of the molecule is NCCCCC(C=O)CCCCN. The molecule has 0 radical (unpaired) electrons. The standard InChI is InChI=1S/C10H22N2O/c11-7-3-1-5-10(9-13)6-2-4-8-12/h9-10H,1-8,11-12H2. The monoisotopic (exact) mass is 186 g/mol. The van der Waals surface area contributed by atoms with Crippen LogP contribution in [0.25, 0.3) is 0 Å². The minimum absolute atomic E-state index is 0.234. The van der Waals surface area contributed by atoms with Crippen molar-refractivity contribution in [2.75, 3.05) is 13.1 Å². The minimum Gasteiger partial charge on any atom is -0.330 e. The van der Waals surface area contributed by atoms with Crippen LogP contribution in [0.5, 0.6) is 0 Å². The minimum atomic E-state index is 0.234. The van der Waals surface area contributed by atoms with Gasteiger partial charge in [-0.25, -0.2) is 0 Å². The average molecular weight is 186 g/mol. The maximum absolute atomic E-state index is 10.6. The molecule has 0 aromatic heterocycles. The molecular weight excluding hydrogens is 164 g/mol. The van der Waals surface area contributed by atoms with Crippen molar-refractivity contribution in [2.24, 2.45) is 17.4 Å². The summed E-state index contributed by atoms with van der Waals surface area (Å²) in [4.78, 5) is 10.6. The van der Waals surface area contributed by atoms with E-state index in [1.807, 2.05) is 0 Å². The lowest BCUT2D eigenvalue weighted by Gasteiger charge is -2.08. The van der Waals surface area contributed by atoms with E-state index in [1.165, 1.54) is 0 Å². The zero-order chi connectivity index (χ0) is 9.94. The Balaban J connectivity index is 3.34. The van der Waals surface area contributed by atoms with Crippen molar-refractivity contribution < 1.29 is 4.79 Å². The molecule has 0 aliphatic heterocycles. The van der Waals surface area contributed by atoms with E-state index >= 15 is 0 Å². The molecule has 0 amide bonds. The molecule has 3 nitrogen and oxygen atoms in total. The second-order valence-electron chi connectivity index (χ2n) is 3.47. The third-order valence-corrected chi connectivity index (χ3v) is 2.25. The molecule has 0 heterocycles. The van der Waals surface area contributed by atoms with Crippen LogP contribution >= 0.6 is 0 Å². The molecule has 0 fully saturated rings. The summed E-state index contributed by atoms with van der Waals surface area (Å²) >= 11 is 0. The Morgan fingerprint density at radius 2 is 1.38 bits per heavy atom. The van der Waals surface area contributed by atoms with Crippen molar-refractivity contribution >= 4 is 6.29 Å². The van der Waals surface area contributed by atoms with E-state index in [0.717, 1.165) is 57.9 Å². The molecule has 0 aromatic carbocycles. The number of carbonyl (C=O) groups is 1. The van der Waals surface area contributed by atoms with Crippen molar-refractivity contribution in [3.63, 3.8) is 0 Å². The maximum atomic E-state index is 10.6. The Morgan fingerprint density at radius 3 is 1.69 bits per heavy atom. The molecule has 13 heavy (non-hydrogen) atoms. The van der Waals surface area contributed by atoms with Crippen molar-refractivity contribution in [3.05, 3.63) is 0 Å². The van der Waals surface area contributed by atoms with Gasteiger partial charge in [0, 0.05) is 5.92 Å². The average Bonchev–Trinajstić information content (AvgIpc) is 2.16. The first kappa shape index (κ1) is 12.6. The predicted molar refractivity (Wildman–Crippen MR) is 55.4 cm³/mol. The first-order chi connectivity index (χ1) is 6.35. The fourth-order valence-corrected chi connectivity index (χ4v) is 1.38. The zero-order valence-corrected chi connectivity index (χ0v) is 8.37. The molecular formula is C10H22N2O. The fourth-order valence-electron chi connectivity index (χ4n) is 1.38. The summed E-state index contributed by atoms with van der Waals surface area (Å²) in [6.07, 6.45) is 7.26. The molecule has 3 heteroatoms. The van der Waals surface area contributed by atoms with Crippen LogP contribution in [0.2, 0.25) is 0 Å². The Morgan fingerprint density at radius 1 is 0.923 bits per heavy atom. The van der Waals surface area contributed by atoms with Gasteiger partial charge in [-0.05, 0) is 38.8 Å². The molecule has 0 saturated carbocycles. The quantitative estimate of drug-likeness (QED) is 0.418. The van der Waals surface area contributed by atoms with E-state index in [2.05, 4.69) is 0 Å². The second-order valence-corrected chi connectivity index (χ2v) is 3.47. The molecule has 0 aromatic rings. The highest BCUT2D eigenvalue weighted by Crippen LogP contribution is 2.13. The van der Waals surface area contributed by atoms with Gasteiger partial charge in [0.2, 0.25) is 0 Å². The topological polar surface area (TPSA) is 69.1 Å². The van der Waals surface area contributed by atoms with Gasteiger partial charge in [0.15, 0.2) is 0 Å². The van der Waals surface area contributed by atoms with Crippen LogP contribution in [0, 0.1) is 5.92 Å². The molecule has 4 N–H and O–H groups in total. The van der Waals surface area contributed by atoms with Gasteiger partial charge in [-0.2, -0.15) is 0 Å². The molecule has 0 atom stereocenters. The van der Waals surface area contributed by atoms with Crippen molar-refractivity contribution in [1.29, 1.82) is 0 Å². The summed E-state index contributed by atoms with van der Waals surface area (Å²) in [7, 11) is 0. The van der Waals surface area contributed by atoms with Gasteiger partial charge in [0.05, 0.1) is 0 Å². The number of rotatable bonds is 9. The van der Waals surface area contributed by atoms with Crippen LogP contribution in [-0.4, -0.2) is 19.4 Å². The number of unbranched alkanes of at least 4 members (excludes halogenated alkanes) is 2. The van der Waals surface area contributed by atoms with Gasteiger partial charge in [-0.3, -0.25) is 0 Å². The van der Waals surface area contributed by atoms with Crippen LogP contribution in [-0.2, 0) is 4.79 Å². The van der Waals surface area contributed by atoms with Crippen LogP contribution in [0.1, 0.15) is 38.5 Å². The number of aldehydes is 1. The van der Waals surface area contributed by atoms with E-state index in [1.54, 1.807) is 0 Å². The van der Waals surface area contributed by atoms with Crippen LogP contribution < -0.4 is 11.5 Å². The van der Waals surface area contributed by atoms with Crippen LogP contribution in [0.3, 0.4) is 0 Å². The summed E-state index contributed by atoms with van der Waals surface area (Å²) in [5.41, 5.74) is 10.7. The Bertz CT molecular complexity index is 107. The van der Waals surface area contributed by atoms with E-state index in [-0.39, 0.29) is 5.92 Å². The lowest BCUT2D eigenvalue weighted by molar-refractivity contribution is -0.111. The first-order valence-corrected chi connectivity index (χ1v) is 5.20. The van der Waals surface area contributed by atoms with Gasteiger partial charge in [-0.1, -0.05) is 12.8 Å². The van der Waals surface area contributed by atoms with Gasteiger partial charge in [0.1, 0.15) is 6.29 Å². The third kappa shape index (κ3) is 7.94. The first-order valence-electron chi connectivity index (χ1n) is 5.20. The van der Waals surface area contributed by atoms with E-state index in [9.17, 15) is 4.79 Å². The van der Waals surface area contributed by atoms with E-state index in [0.29, 0.717) is 0 Å². The van der Waals surface area contributed by atoms with Crippen molar-refractivity contribution in [3.8, 4) is 0 Å². The smallest absolute Gasteiger partial charge is 0.123 e. The van der Waals surface area contributed by atoms with Gasteiger partial charge >= 0.3 is 0 Å². The van der Waals surface area contributed by atoms with Gasteiger partial charge in [0.25, 0.3) is 0 Å². The van der Waals surface area contributed by atoms with Crippen LogP contribution in [0.15, 0.2) is 0 Å². The number of hydrogen-bond acceptors (Lipinski definition) is 3. The summed E-state index contributed by atoms with van der Waals surface area (Å²) in [5, 5.41) is 0. The predicted octanol–water partition coefficient (Wildman–Crippen LogP) is 1.06. The maximum Gasteiger partial charge on any atom is 0.123 e. The normalized spacial score (nSPS) is 10.7. The Kier molecular flexibility index (Phi) is 9.37. The number of nitrogens with two attached hydrogens (primary N) is 2. The largest absolute Gasteiger partial charge is 0.330 e. The number of hydrogen-bond donors (Lipinski definition) is 2. The van der Waals surface area contributed by atoms with Crippen LogP contribution in [0.4, 0.5) is 0 Å². The Hall–Kier alpha value is -0.410. The molecule has 0 spiro atoms. The van der Waals surface area contributed by atoms with Gasteiger partial charge < -0.3 is 16.3 Å².